The second-order valence-electron chi connectivity index (χ2n) is 12.3. The third-order valence-corrected chi connectivity index (χ3v) is 8.29. The second kappa shape index (κ2) is 20.2. The van der Waals surface area contributed by atoms with Gasteiger partial charge in [0.1, 0.15) is 0 Å². The third kappa shape index (κ3) is 11.3. The quantitative estimate of drug-likeness (QED) is 0.0784. The lowest BCUT2D eigenvalue weighted by Crippen LogP contribution is -2.48. The molecule has 0 spiro atoms. The molecule has 5 aromatic rings. The van der Waals surface area contributed by atoms with E-state index in [0.29, 0.717) is 19.6 Å². The van der Waals surface area contributed by atoms with Crippen LogP contribution >= 0.6 is 0 Å². The summed E-state index contributed by atoms with van der Waals surface area (Å²) >= 11 is 0. The zero-order valence-corrected chi connectivity index (χ0v) is 31.0. The average Bonchev–Trinajstić information content (AvgIpc) is 3.10. The van der Waals surface area contributed by atoms with Crippen molar-refractivity contribution in [3.05, 3.63) is 166 Å². The Morgan fingerprint density at radius 3 is 1.14 bits per heavy atom. The van der Waals surface area contributed by atoms with Gasteiger partial charge in [0.25, 0.3) is 0 Å². The predicted molar refractivity (Wildman–Crippen MR) is 196 cm³/mol. The van der Waals surface area contributed by atoms with E-state index in [1.807, 2.05) is 77.9 Å². The minimum atomic E-state index is -2.23. The molecule has 0 N–H and O–H groups in total. The number of aromatic nitrogens is 2. The summed E-state index contributed by atoms with van der Waals surface area (Å²) in [6.07, 6.45) is 1.34. The van der Waals surface area contributed by atoms with Crippen LogP contribution in [0, 0.1) is 41.5 Å². The lowest BCUT2D eigenvalue weighted by Gasteiger charge is -2.37. The van der Waals surface area contributed by atoms with Crippen molar-refractivity contribution in [3.8, 4) is 0 Å². The molecule has 0 saturated heterocycles. The number of hydrogen-bond acceptors (Lipinski definition) is 5. The second-order valence-corrected chi connectivity index (χ2v) is 12.3. The van der Waals surface area contributed by atoms with E-state index in [1.165, 1.54) is 27.8 Å². The summed E-state index contributed by atoms with van der Waals surface area (Å²) in [6, 6.07) is 39.5. The monoisotopic (exact) mass is 676 g/mol. The summed E-state index contributed by atoms with van der Waals surface area (Å²) in [7, 11) is -2.23. The fourth-order valence-electron chi connectivity index (χ4n) is 6.48. The van der Waals surface area contributed by atoms with Crippen molar-refractivity contribution in [1.29, 1.82) is 0 Å². The maximum atomic E-state index is 10.7. The molecule has 8 heteroatoms. The summed E-state index contributed by atoms with van der Waals surface area (Å²) in [6.45, 7) is 17.9. The highest BCUT2D eigenvalue weighted by atomic mass is 16.7. The van der Waals surface area contributed by atoms with E-state index < -0.39 is 7.32 Å². The van der Waals surface area contributed by atoms with Crippen LogP contribution in [0.4, 0.5) is 0 Å². The zero-order chi connectivity index (χ0) is 36.5. The van der Waals surface area contributed by atoms with Crippen LogP contribution in [-0.4, -0.2) is 27.1 Å². The summed E-state index contributed by atoms with van der Waals surface area (Å²) in [4.78, 5) is 10.9. The number of rotatable bonds is 12. The molecule has 0 atom stereocenters. The normalized spacial score (nSPS) is 10.7. The number of benzene rings is 3. The molecular formula is C42H53BN2O5. The highest BCUT2D eigenvalue weighted by Gasteiger charge is 2.35. The van der Waals surface area contributed by atoms with Crippen LogP contribution in [0.15, 0.2) is 115 Å². The van der Waals surface area contributed by atoms with Crippen LogP contribution in [0.25, 0.3) is 0 Å². The van der Waals surface area contributed by atoms with Crippen molar-refractivity contribution in [2.24, 2.45) is 0 Å². The average molecular weight is 677 g/mol. The third-order valence-electron chi connectivity index (χ3n) is 8.29. The Bertz CT molecular complexity index is 1520. The van der Waals surface area contributed by atoms with Gasteiger partial charge in [-0.2, -0.15) is 0 Å². The molecule has 3 aromatic carbocycles. The molecule has 0 unspecified atom stereocenters. The van der Waals surface area contributed by atoms with Crippen molar-refractivity contribution in [1.82, 2.24) is 0 Å². The molecule has 0 aliphatic rings. The highest BCUT2D eigenvalue weighted by molar-refractivity contribution is 6.28. The number of hydrogen-bond donors (Lipinski definition) is 0. The SMILES string of the molecule is CCO[n+]1c(C)cc(C)cc1C.CCO[n+]1c(C)cc(C)cc1C.[O-]B([O-])OCCCC(c1ccccc1)(c1ccccc1)c1ccccc1. The van der Waals surface area contributed by atoms with Gasteiger partial charge >= 0.3 is 0 Å². The minimum absolute atomic E-state index is 0.159. The minimum Gasteiger partial charge on any atom is -0.871 e. The molecule has 0 aliphatic heterocycles. The van der Waals surface area contributed by atoms with Gasteiger partial charge in [-0.25, -0.2) is 0 Å². The van der Waals surface area contributed by atoms with Gasteiger partial charge < -0.3 is 14.7 Å². The number of aryl methyl sites for hydroxylation is 6. The van der Waals surface area contributed by atoms with E-state index in [9.17, 15) is 10.0 Å². The first-order chi connectivity index (χ1) is 24.0. The molecular weight excluding hydrogens is 623 g/mol. The zero-order valence-electron chi connectivity index (χ0n) is 31.0. The maximum Gasteiger partial charge on any atom is 0.231 e. The lowest BCUT2D eigenvalue weighted by atomic mass is 9.67. The Labute approximate surface area is 299 Å². The van der Waals surface area contributed by atoms with Crippen molar-refractivity contribution >= 4 is 7.32 Å². The number of pyridine rings is 2. The molecule has 0 fully saturated rings. The summed E-state index contributed by atoms with van der Waals surface area (Å²) in [5.74, 6) is 0. The molecule has 0 aliphatic carbocycles. The Morgan fingerprint density at radius 1 is 0.540 bits per heavy atom. The fraction of sp³-hybridized carbons (Fsp3) is 0.333. The largest absolute Gasteiger partial charge is 0.871 e. The molecule has 0 bridgehead atoms. The molecule has 0 radical (unpaired) electrons. The van der Waals surface area contributed by atoms with Crippen LogP contribution in [0.1, 0.15) is 77.3 Å². The Morgan fingerprint density at radius 2 is 0.860 bits per heavy atom. The van der Waals surface area contributed by atoms with Crippen molar-refractivity contribution in [3.63, 3.8) is 0 Å². The molecule has 0 saturated carbocycles. The van der Waals surface area contributed by atoms with Gasteiger partial charge in [-0.05, 0) is 68.4 Å². The van der Waals surface area contributed by atoms with E-state index >= 15 is 0 Å². The Balaban J connectivity index is 0.000000234. The number of nitrogens with zero attached hydrogens (tertiary/aromatic N) is 2. The van der Waals surface area contributed by atoms with Gasteiger partial charge in [0.05, 0.1) is 7.32 Å². The first-order valence-electron chi connectivity index (χ1n) is 17.4. The predicted octanol–water partition coefficient (Wildman–Crippen LogP) is 5.22. The van der Waals surface area contributed by atoms with Gasteiger partial charge in [0.15, 0.2) is 13.2 Å². The van der Waals surface area contributed by atoms with Crippen LogP contribution in [0.2, 0.25) is 0 Å². The molecule has 5 rings (SSSR count). The molecule has 2 heterocycles. The van der Waals surface area contributed by atoms with Crippen molar-refractivity contribution in [2.75, 3.05) is 19.8 Å². The Hall–Kier alpha value is -4.50. The summed E-state index contributed by atoms with van der Waals surface area (Å²) in [5.41, 5.74) is 10.3. The van der Waals surface area contributed by atoms with Crippen molar-refractivity contribution < 1.29 is 33.8 Å². The molecule has 2 aromatic heterocycles. The van der Waals surface area contributed by atoms with Crippen LogP contribution in [0.3, 0.4) is 0 Å². The summed E-state index contributed by atoms with van der Waals surface area (Å²) < 4.78 is 8.47. The lowest BCUT2D eigenvalue weighted by molar-refractivity contribution is -0.899. The van der Waals surface area contributed by atoms with Gasteiger partial charge in [0.2, 0.25) is 22.8 Å². The Kier molecular flexibility index (Phi) is 16.2. The van der Waals surface area contributed by atoms with E-state index in [-0.39, 0.29) is 12.0 Å². The van der Waals surface area contributed by atoms with E-state index in [1.54, 1.807) is 0 Å². The van der Waals surface area contributed by atoms with E-state index in [2.05, 4.69) is 102 Å². The van der Waals surface area contributed by atoms with Gasteiger partial charge in [-0.1, -0.05) is 91.0 Å². The van der Waals surface area contributed by atoms with Crippen LogP contribution < -0.4 is 29.2 Å². The van der Waals surface area contributed by atoms with E-state index in [0.717, 1.165) is 29.2 Å². The fourth-order valence-corrected chi connectivity index (χ4v) is 6.48. The molecule has 50 heavy (non-hydrogen) atoms. The smallest absolute Gasteiger partial charge is 0.231 e. The molecule has 264 valence electrons. The van der Waals surface area contributed by atoms with Crippen LogP contribution in [-0.2, 0) is 10.1 Å². The maximum absolute atomic E-state index is 10.7. The first-order valence-corrected chi connectivity index (χ1v) is 17.4. The van der Waals surface area contributed by atoms with Crippen LogP contribution in [0.5, 0.6) is 0 Å². The standard InChI is InChI=1S/C22H21BO3.2C10H16NO/c24-23(25)26-18-10-17-22(19-11-4-1-5-12-19,20-13-6-2-7-14-20)21-15-8-3-9-16-21;2*1-5-12-11-9(3)6-8(2)7-10(11)4/h1-9,11-16H,10,17-18H2;2*6-7H,5H2,1-4H3/q-2;2*+1. The van der Waals surface area contributed by atoms with Gasteiger partial charge in [-0.15, -0.1) is 0 Å². The highest BCUT2D eigenvalue weighted by Crippen LogP contribution is 2.42. The first kappa shape index (κ1) is 39.9. The molecule has 7 nitrogen and oxygen atoms in total. The van der Waals surface area contributed by atoms with Crippen molar-refractivity contribution in [2.45, 2.75) is 73.6 Å². The van der Waals surface area contributed by atoms with Gasteiger partial charge in [-0.3, -0.25) is 9.68 Å². The molecule has 0 amide bonds. The topological polar surface area (TPSA) is 81.6 Å². The van der Waals surface area contributed by atoms with Gasteiger partial charge in [0, 0.05) is 73.4 Å². The summed E-state index contributed by atoms with van der Waals surface area (Å²) in [5, 5.41) is 21.4. The van der Waals surface area contributed by atoms with E-state index in [4.69, 9.17) is 14.3 Å².